The van der Waals surface area contributed by atoms with E-state index in [0.717, 1.165) is 24.9 Å². The lowest BCUT2D eigenvalue weighted by Gasteiger charge is -2.46. The fourth-order valence-corrected chi connectivity index (χ4v) is 5.68. The maximum absolute atomic E-state index is 12.7. The van der Waals surface area contributed by atoms with Gasteiger partial charge in [-0.25, -0.2) is 0 Å². The van der Waals surface area contributed by atoms with Crippen molar-refractivity contribution in [3.05, 3.63) is 71.4 Å². The summed E-state index contributed by atoms with van der Waals surface area (Å²) in [5.41, 5.74) is 5.09. The molecule has 2 aromatic carbocycles. The Morgan fingerprint density at radius 1 is 1.26 bits per heavy atom. The minimum Gasteiger partial charge on any atom is -0.361 e. The molecule has 2 heterocycles. The molecule has 2 unspecified atom stereocenters. The minimum absolute atomic E-state index is 0.158. The van der Waals surface area contributed by atoms with Gasteiger partial charge in [0.25, 0.3) is 0 Å². The number of H-pyrrole nitrogens is 1. The van der Waals surface area contributed by atoms with Crippen LogP contribution in [0.1, 0.15) is 35.4 Å². The van der Waals surface area contributed by atoms with Gasteiger partial charge in [0.2, 0.25) is 5.91 Å². The highest BCUT2D eigenvalue weighted by Gasteiger charge is 2.40. The lowest BCUT2D eigenvalue weighted by atomic mass is 9.71. The van der Waals surface area contributed by atoms with E-state index in [4.69, 9.17) is 0 Å². The first-order chi connectivity index (χ1) is 15.1. The number of rotatable bonds is 5. The van der Waals surface area contributed by atoms with E-state index in [1.54, 1.807) is 0 Å². The van der Waals surface area contributed by atoms with E-state index in [1.807, 2.05) is 30.3 Å². The molecule has 2 N–H and O–H groups in total. The third-order valence-electron chi connectivity index (χ3n) is 7.16. The first kappa shape index (κ1) is 19.8. The third kappa shape index (κ3) is 3.73. The van der Waals surface area contributed by atoms with Crippen molar-refractivity contribution >= 4 is 16.8 Å². The molecule has 1 aromatic heterocycles. The molecule has 0 saturated carbocycles. The number of hydrogen-bond acceptors (Lipinski definition) is 3. The number of carbonyl (C=O) groups excluding carboxylic acids is 1. The zero-order chi connectivity index (χ0) is 21.4. The maximum Gasteiger partial charge on any atom is 0.237 e. The molecule has 31 heavy (non-hydrogen) atoms. The van der Waals surface area contributed by atoms with Crippen LogP contribution in [0.5, 0.6) is 0 Å². The molecule has 158 valence electrons. The van der Waals surface area contributed by atoms with Crippen molar-refractivity contribution in [3.63, 3.8) is 0 Å². The van der Waals surface area contributed by atoms with Gasteiger partial charge in [-0.2, -0.15) is 5.26 Å². The second-order valence-electron chi connectivity index (χ2n) is 9.12. The summed E-state index contributed by atoms with van der Waals surface area (Å²) in [6, 6.07) is 19.1. The van der Waals surface area contributed by atoms with Crippen LogP contribution < -0.4 is 5.32 Å². The Morgan fingerprint density at radius 2 is 2.10 bits per heavy atom. The van der Waals surface area contributed by atoms with Crippen LogP contribution in [0.4, 0.5) is 0 Å². The smallest absolute Gasteiger partial charge is 0.237 e. The molecule has 0 spiro atoms. The van der Waals surface area contributed by atoms with E-state index in [0.29, 0.717) is 30.8 Å². The van der Waals surface area contributed by atoms with Crippen molar-refractivity contribution < 1.29 is 4.79 Å². The molecule has 2 aliphatic rings. The van der Waals surface area contributed by atoms with Gasteiger partial charge in [-0.15, -0.1) is 0 Å². The van der Waals surface area contributed by atoms with Crippen molar-refractivity contribution in [1.29, 1.82) is 5.26 Å². The van der Waals surface area contributed by atoms with Crippen molar-refractivity contribution in [1.82, 2.24) is 15.2 Å². The maximum atomic E-state index is 12.7. The molecular weight excluding hydrogens is 384 g/mol. The number of carbonyl (C=O) groups is 1. The Morgan fingerprint density at radius 3 is 2.90 bits per heavy atom. The molecule has 1 fully saturated rings. The first-order valence-corrected chi connectivity index (χ1v) is 11.1. The summed E-state index contributed by atoms with van der Waals surface area (Å²) in [6.45, 7) is 1.40. The monoisotopic (exact) mass is 412 g/mol. The fraction of sp³-hybridized carbons (Fsp3) is 0.385. The van der Waals surface area contributed by atoms with E-state index < -0.39 is 5.92 Å². The number of likely N-dealkylation sites (N-methyl/N-ethyl adjacent to an activating group) is 1. The Bertz CT molecular complexity index is 1130. The van der Waals surface area contributed by atoms with Crippen LogP contribution in [-0.4, -0.2) is 35.4 Å². The number of aromatic amines is 1. The van der Waals surface area contributed by atoms with Crippen LogP contribution in [0.25, 0.3) is 10.9 Å². The number of fused-ring (bicyclic) bond motifs is 2. The minimum atomic E-state index is -0.610. The molecule has 5 heteroatoms. The van der Waals surface area contributed by atoms with Crippen LogP contribution in [-0.2, 0) is 17.8 Å². The highest BCUT2D eigenvalue weighted by atomic mass is 16.1. The normalized spacial score (nSPS) is 23.7. The Balaban J connectivity index is 1.29. The van der Waals surface area contributed by atoms with Crippen molar-refractivity contribution in [2.45, 2.75) is 37.8 Å². The molecule has 3 aromatic rings. The Labute approximate surface area is 183 Å². The molecule has 4 atom stereocenters. The number of amides is 1. The summed E-state index contributed by atoms with van der Waals surface area (Å²) in [5, 5.41) is 14.1. The molecule has 5 rings (SSSR count). The second-order valence-corrected chi connectivity index (χ2v) is 9.12. The van der Waals surface area contributed by atoms with Gasteiger partial charge in [0, 0.05) is 42.1 Å². The Kier molecular flexibility index (Phi) is 5.25. The number of benzene rings is 2. The summed E-state index contributed by atoms with van der Waals surface area (Å²) >= 11 is 0. The summed E-state index contributed by atoms with van der Waals surface area (Å²) < 4.78 is 0. The fourth-order valence-electron chi connectivity index (χ4n) is 5.68. The van der Waals surface area contributed by atoms with Crippen molar-refractivity contribution in [2.75, 3.05) is 13.6 Å². The van der Waals surface area contributed by atoms with Gasteiger partial charge in [-0.05, 0) is 55.0 Å². The average molecular weight is 413 g/mol. The number of aromatic nitrogens is 1. The molecule has 0 bridgehead atoms. The van der Waals surface area contributed by atoms with Gasteiger partial charge in [0.1, 0.15) is 5.92 Å². The number of nitriles is 1. The standard InChI is InChI=1S/C26H28N4O/c1-30-16-18(10-19(13-27)26(31)29-14-17-6-3-2-4-7-17)11-22-21-8-5-9-23-25(21)20(15-28-23)12-24(22)30/h2-9,15,18-19,22,24,28H,10-12,14,16H2,1H3,(H,29,31)/t18-,19?,22?,24-/m1/s1. The summed E-state index contributed by atoms with van der Waals surface area (Å²) in [5.74, 6) is 0.00672. The molecule has 1 aliphatic carbocycles. The first-order valence-electron chi connectivity index (χ1n) is 11.1. The lowest BCUT2D eigenvalue weighted by molar-refractivity contribution is -0.124. The predicted octanol–water partition coefficient (Wildman–Crippen LogP) is 3.97. The average Bonchev–Trinajstić information content (AvgIpc) is 3.21. The van der Waals surface area contributed by atoms with Crippen LogP contribution in [0.2, 0.25) is 0 Å². The van der Waals surface area contributed by atoms with Crippen molar-refractivity contribution in [3.8, 4) is 6.07 Å². The van der Waals surface area contributed by atoms with Gasteiger partial charge in [-0.1, -0.05) is 42.5 Å². The zero-order valence-corrected chi connectivity index (χ0v) is 17.8. The third-order valence-corrected chi connectivity index (χ3v) is 7.16. The second kappa shape index (κ2) is 8.20. The van der Waals surface area contributed by atoms with Gasteiger partial charge in [0.15, 0.2) is 0 Å². The molecule has 0 radical (unpaired) electrons. The van der Waals surface area contributed by atoms with Gasteiger partial charge in [0.05, 0.1) is 6.07 Å². The lowest BCUT2D eigenvalue weighted by Crippen LogP contribution is -2.48. The summed E-state index contributed by atoms with van der Waals surface area (Å²) in [7, 11) is 2.19. The van der Waals surface area contributed by atoms with Gasteiger partial charge < -0.3 is 15.2 Å². The molecule has 1 amide bonds. The van der Waals surface area contributed by atoms with Crippen LogP contribution >= 0.6 is 0 Å². The van der Waals surface area contributed by atoms with Crippen LogP contribution in [0.15, 0.2) is 54.7 Å². The van der Waals surface area contributed by atoms with Crippen LogP contribution in [0, 0.1) is 23.2 Å². The van der Waals surface area contributed by atoms with Crippen molar-refractivity contribution in [2.24, 2.45) is 11.8 Å². The van der Waals surface area contributed by atoms with E-state index in [9.17, 15) is 10.1 Å². The van der Waals surface area contributed by atoms with Gasteiger partial charge >= 0.3 is 0 Å². The van der Waals surface area contributed by atoms with Gasteiger partial charge in [-0.3, -0.25) is 4.79 Å². The molecule has 1 saturated heterocycles. The van der Waals surface area contributed by atoms with E-state index >= 15 is 0 Å². The summed E-state index contributed by atoms with van der Waals surface area (Å²) in [6.07, 6.45) is 4.86. The number of nitrogens with zero attached hydrogens (tertiary/aromatic N) is 2. The largest absolute Gasteiger partial charge is 0.361 e. The number of nitrogens with one attached hydrogen (secondary N) is 2. The SMILES string of the molecule is CN1C[C@H](CC(C#N)C(=O)NCc2ccccc2)CC2c3cccc4[nH]cc(c34)C[C@H]21. The highest BCUT2D eigenvalue weighted by molar-refractivity contribution is 5.88. The van der Waals surface area contributed by atoms with E-state index in [2.05, 4.69) is 52.7 Å². The summed E-state index contributed by atoms with van der Waals surface area (Å²) in [4.78, 5) is 18.6. The number of hydrogen-bond donors (Lipinski definition) is 2. The van der Waals surface area contributed by atoms with E-state index in [1.165, 1.54) is 22.0 Å². The molecule has 5 nitrogen and oxygen atoms in total. The number of likely N-dealkylation sites (tertiary alicyclic amines) is 1. The van der Waals surface area contributed by atoms with Crippen LogP contribution in [0.3, 0.4) is 0 Å². The zero-order valence-electron chi connectivity index (χ0n) is 17.8. The Hall–Kier alpha value is -3.10. The highest BCUT2D eigenvalue weighted by Crippen LogP contribution is 2.45. The number of piperidine rings is 1. The quantitative estimate of drug-likeness (QED) is 0.666. The van der Waals surface area contributed by atoms with E-state index in [-0.39, 0.29) is 5.91 Å². The predicted molar refractivity (Wildman–Crippen MR) is 121 cm³/mol. The topological polar surface area (TPSA) is 71.9 Å². The molecular formula is C26H28N4O. The molecule has 1 aliphatic heterocycles.